The number of anilines is 1. The van der Waals surface area contributed by atoms with Gasteiger partial charge in [0.25, 0.3) is 5.91 Å². The van der Waals surface area contributed by atoms with Crippen LogP contribution >= 0.6 is 0 Å². The molecule has 0 spiro atoms. The molecule has 5 rings (SSSR count). The number of alkyl halides is 3. The van der Waals surface area contributed by atoms with Crippen molar-refractivity contribution in [3.05, 3.63) is 77.4 Å². The lowest BCUT2D eigenvalue weighted by molar-refractivity contribution is -0.137. The van der Waals surface area contributed by atoms with Crippen LogP contribution < -0.4 is 16.4 Å². The third kappa shape index (κ3) is 6.57. The normalized spacial score (nSPS) is 15.4. The second-order valence-electron chi connectivity index (χ2n) is 11.6. The smallest absolute Gasteiger partial charge is 0.385 e. The molecule has 44 heavy (non-hydrogen) atoms. The highest BCUT2D eigenvalue weighted by atomic mass is 19.4. The van der Waals surface area contributed by atoms with Gasteiger partial charge in [0.1, 0.15) is 11.7 Å². The Kier molecular flexibility index (Phi) is 8.96. The number of aliphatic imine (C=N–C) groups is 1. The zero-order valence-electron chi connectivity index (χ0n) is 25.4. The van der Waals surface area contributed by atoms with Gasteiger partial charge >= 0.3 is 6.18 Å². The first kappa shape index (κ1) is 31.1. The van der Waals surface area contributed by atoms with E-state index < -0.39 is 17.6 Å². The molecule has 0 radical (unpaired) electrons. The summed E-state index contributed by atoms with van der Waals surface area (Å²) in [6, 6.07) is 15.9. The van der Waals surface area contributed by atoms with E-state index >= 15 is 0 Å². The number of rotatable bonds is 10. The van der Waals surface area contributed by atoms with Gasteiger partial charge in [-0.2, -0.15) is 13.2 Å². The van der Waals surface area contributed by atoms with Crippen molar-refractivity contribution in [1.82, 2.24) is 19.8 Å². The van der Waals surface area contributed by atoms with E-state index in [9.17, 15) is 18.0 Å². The van der Waals surface area contributed by atoms with Crippen molar-refractivity contribution in [3.8, 4) is 11.4 Å². The third-order valence-corrected chi connectivity index (χ3v) is 8.02. The zero-order valence-corrected chi connectivity index (χ0v) is 25.4. The van der Waals surface area contributed by atoms with Crippen molar-refractivity contribution in [2.24, 2.45) is 16.6 Å². The van der Waals surface area contributed by atoms with E-state index in [2.05, 4.69) is 48.0 Å². The fraction of sp³-hybridized carbons (Fsp3) is 0.364. The fourth-order valence-electron chi connectivity index (χ4n) is 5.51. The minimum Gasteiger partial charge on any atom is -0.385 e. The maximum absolute atomic E-state index is 13.1. The summed E-state index contributed by atoms with van der Waals surface area (Å²) in [6.07, 6.45) is -2.60. The predicted molar refractivity (Wildman–Crippen MR) is 169 cm³/mol. The summed E-state index contributed by atoms with van der Waals surface area (Å²) in [5.74, 6) is 0.955. The molecule has 8 nitrogen and oxygen atoms in total. The SMILES string of the molecule is CC[C@H](C)C1C(N)=Nc2ccc(NCCCN(C)C)cc2-c2nc3cc(C(=O)NCc4cccc(C(F)(F)F)c4)ccc3n21. The number of halogens is 3. The lowest BCUT2D eigenvalue weighted by Gasteiger charge is -2.25. The van der Waals surface area contributed by atoms with Gasteiger partial charge in [-0.15, -0.1) is 0 Å². The van der Waals surface area contributed by atoms with Crippen LogP contribution in [0.2, 0.25) is 0 Å². The van der Waals surface area contributed by atoms with Gasteiger partial charge in [-0.05, 0) is 87.1 Å². The van der Waals surface area contributed by atoms with Gasteiger partial charge in [0.15, 0.2) is 0 Å². The Balaban J connectivity index is 1.48. The maximum atomic E-state index is 13.1. The standard InChI is InChI=1S/C33H38F3N7O/c1-5-20(2)29-30(37)40-26-12-11-24(38-14-7-15-42(3)4)18-25(26)31-41-27-17-22(10-13-28(27)43(29)31)32(44)39-19-21-8-6-9-23(16-21)33(34,35)36/h6,8-13,16-18,20,29,38H,5,7,14-15,19H2,1-4H3,(H2,37,40)(H,39,44)/t20-,29?/m0/s1. The van der Waals surface area contributed by atoms with Crippen LogP contribution in [0.3, 0.4) is 0 Å². The second-order valence-corrected chi connectivity index (χ2v) is 11.6. The molecule has 1 aromatic heterocycles. The molecule has 0 saturated heterocycles. The van der Waals surface area contributed by atoms with E-state index in [1.807, 2.05) is 24.3 Å². The topological polar surface area (TPSA) is 101 Å². The first-order valence-corrected chi connectivity index (χ1v) is 14.8. The van der Waals surface area contributed by atoms with Crippen molar-refractivity contribution in [3.63, 3.8) is 0 Å². The molecule has 4 N–H and O–H groups in total. The Bertz CT molecular complexity index is 1690. The van der Waals surface area contributed by atoms with E-state index in [1.165, 1.54) is 6.07 Å². The zero-order chi connectivity index (χ0) is 31.6. The summed E-state index contributed by atoms with van der Waals surface area (Å²) in [7, 11) is 4.10. The van der Waals surface area contributed by atoms with E-state index in [4.69, 9.17) is 15.7 Å². The van der Waals surface area contributed by atoms with Gasteiger partial charge in [-0.1, -0.05) is 32.4 Å². The van der Waals surface area contributed by atoms with Gasteiger partial charge in [-0.25, -0.2) is 9.98 Å². The minimum atomic E-state index is -4.45. The number of aromatic nitrogens is 2. The number of carbonyl (C=O) groups excluding carboxylic acids is 1. The van der Waals surface area contributed by atoms with Crippen molar-refractivity contribution in [1.29, 1.82) is 0 Å². The van der Waals surface area contributed by atoms with Crippen molar-refractivity contribution in [2.45, 2.75) is 45.5 Å². The number of amidine groups is 1. The van der Waals surface area contributed by atoms with Crippen LogP contribution in [-0.2, 0) is 12.7 Å². The number of nitrogens with zero attached hydrogens (tertiary/aromatic N) is 4. The molecule has 4 aromatic rings. The molecular formula is C33H38F3N7O. The quantitative estimate of drug-likeness (QED) is 0.177. The van der Waals surface area contributed by atoms with Gasteiger partial charge < -0.3 is 25.8 Å². The highest BCUT2D eigenvalue weighted by Gasteiger charge is 2.32. The summed E-state index contributed by atoms with van der Waals surface area (Å²) in [5, 5.41) is 6.23. The van der Waals surface area contributed by atoms with Crippen LogP contribution in [0.1, 0.15) is 54.2 Å². The Labute approximate surface area is 255 Å². The number of imidazole rings is 1. The van der Waals surface area contributed by atoms with Crippen LogP contribution in [0.5, 0.6) is 0 Å². The number of hydrogen-bond acceptors (Lipinski definition) is 6. The first-order chi connectivity index (χ1) is 21.0. The average Bonchev–Trinajstić information content (AvgIpc) is 3.30. The number of nitrogens with two attached hydrogens (primary N) is 1. The van der Waals surface area contributed by atoms with Crippen molar-refractivity contribution < 1.29 is 18.0 Å². The first-order valence-electron chi connectivity index (χ1n) is 14.8. The van der Waals surface area contributed by atoms with Gasteiger partial charge in [0.2, 0.25) is 0 Å². The molecule has 1 amide bonds. The second kappa shape index (κ2) is 12.7. The molecule has 1 aliphatic heterocycles. The molecule has 0 fully saturated rings. The average molecular weight is 606 g/mol. The highest BCUT2D eigenvalue weighted by Crippen LogP contribution is 2.41. The number of fused-ring (bicyclic) bond motifs is 5. The summed E-state index contributed by atoms with van der Waals surface area (Å²) in [4.78, 5) is 25.1. The minimum absolute atomic E-state index is 0.0404. The summed E-state index contributed by atoms with van der Waals surface area (Å²) < 4.78 is 41.5. The highest BCUT2D eigenvalue weighted by molar-refractivity contribution is 6.00. The lowest BCUT2D eigenvalue weighted by atomic mass is 9.97. The van der Waals surface area contributed by atoms with Gasteiger partial charge in [0, 0.05) is 29.9 Å². The monoisotopic (exact) mass is 605 g/mol. The molecule has 1 aliphatic rings. The predicted octanol–water partition coefficient (Wildman–Crippen LogP) is 6.61. The number of carbonyl (C=O) groups is 1. The van der Waals surface area contributed by atoms with Crippen LogP contribution in [0.4, 0.5) is 24.5 Å². The Morgan fingerprint density at radius 1 is 1.11 bits per heavy atom. The van der Waals surface area contributed by atoms with Gasteiger partial charge in [-0.3, -0.25) is 4.79 Å². The van der Waals surface area contributed by atoms with Crippen LogP contribution in [-0.4, -0.2) is 53.4 Å². The van der Waals surface area contributed by atoms with Crippen LogP contribution in [0.25, 0.3) is 22.4 Å². The molecule has 0 aliphatic carbocycles. The fourth-order valence-corrected chi connectivity index (χ4v) is 5.51. The Morgan fingerprint density at radius 2 is 1.91 bits per heavy atom. The summed E-state index contributed by atoms with van der Waals surface area (Å²) in [6.45, 7) is 5.98. The maximum Gasteiger partial charge on any atom is 0.416 e. The van der Waals surface area contributed by atoms with E-state index in [0.29, 0.717) is 28.3 Å². The summed E-state index contributed by atoms with van der Waals surface area (Å²) >= 11 is 0. The van der Waals surface area contributed by atoms with Gasteiger partial charge in [0.05, 0.1) is 28.3 Å². The molecule has 3 aromatic carbocycles. The Hall–Kier alpha value is -4.38. The molecular weight excluding hydrogens is 567 g/mol. The van der Waals surface area contributed by atoms with Crippen LogP contribution in [0.15, 0.2) is 65.7 Å². The largest absolute Gasteiger partial charge is 0.416 e. The van der Waals surface area contributed by atoms with Crippen LogP contribution in [0, 0.1) is 5.92 Å². The van der Waals surface area contributed by atoms with E-state index in [-0.39, 0.29) is 18.5 Å². The molecule has 2 atom stereocenters. The van der Waals surface area contributed by atoms with Crippen molar-refractivity contribution in [2.75, 3.05) is 32.5 Å². The molecule has 11 heteroatoms. The number of benzene rings is 3. The summed E-state index contributed by atoms with van der Waals surface area (Å²) in [5.41, 5.74) is 10.6. The van der Waals surface area contributed by atoms with E-state index in [0.717, 1.165) is 60.5 Å². The Morgan fingerprint density at radius 3 is 2.64 bits per heavy atom. The van der Waals surface area contributed by atoms with E-state index in [1.54, 1.807) is 18.2 Å². The molecule has 1 unspecified atom stereocenters. The molecule has 0 saturated carbocycles. The molecule has 232 valence electrons. The lowest BCUT2D eigenvalue weighted by Crippen LogP contribution is -2.31. The molecule has 0 bridgehead atoms. The third-order valence-electron chi connectivity index (χ3n) is 8.02. The molecule has 2 heterocycles. The number of hydrogen-bond donors (Lipinski definition) is 3. The van der Waals surface area contributed by atoms with Crippen molar-refractivity contribution >= 4 is 34.2 Å². The number of nitrogens with one attached hydrogen (secondary N) is 2. The number of amides is 1.